The molecule has 6 heteroatoms. The van der Waals surface area contributed by atoms with Gasteiger partial charge in [0.25, 0.3) is 0 Å². The van der Waals surface area contributed by atoms with Crippen LogP contribution in [0.15, 0.2) is 35.6 Å². The molecule has 1 aromatic carbocycles. The van der Waals surface area contributed by atoms with Gasteiger partial charge in [-0.25, -0.2) is 9.37 Å². The van der Waals surface area contributed by atoms with E-state index in [0.29, 0.717) is 24.2 Å². The van der Waals surface area contributed by atoms with Gasteiger partial charge in [0.2, 0.25) is 0 Å². The molecule has 2 rings (SSSR count). The number of benzene rings is 1. The molecular formula is C17H24FN5. The van der Waals surface area contributed by atoms with Crippen LogP contribution in [0.25, 0.3) is 5.69 Å². The number of halogens is 1. The maximum absolute atomic E-state index is 14.3. The molecule has 23 heavy (non-hydrogen) atoms. The van der Waals surface area contributed by atoms with E-state index in [4.69, 9.17) is 0 Å². The summed E-state index contributed by atoms with van der Waals surface area (Å²) in [6, 6.07) is 5.55. The van der Waals surface area contributed by atoms with E-state index in [2.05, 4.69) is 34.5 Å². The highest BCUT2D eigenvalue weighted by Gasteiger charge is 2.08. The minimum Gasteiger partial charge on any atom is -0.354 e. The lowest BCUT2D eigenvalue weighted by molar-refractivity contribution is 0.610. The molecule has 2 N–H and O–H groups in total. The van der Waals surface area contributed by atoms with E-state index < -0.39 is 0 Å². The molecule has 0 spiro atoms. The third-order valence-electron chi connectivity index (χ3n) is 3.78. The number of aromatic nitrogens is 2. The Kier molecular flexibility index (Phi) is 5.73. The highest BCUT2D eigenvalue weighted by Crippen LogP contribution is 2.16. The van der Waals surface area contributed by atoms with Gasteiger partial charge in [-0.05, 0) is 38.0 Å². The van der Waals surface area contributed by atoms with E-state index >= 15 is 0 Å². The largest absolute Gasteiger partial charge is 0.354 e. The summed E-state index contributed by atoms with van der Waals surface area (Å²) in [6.07, 6.45) is 4.42. The predicted molar refractivity (Wildman–Crippen MR) is 91.3 cm³/mol. The zero-order valence-corrected chi connectivity index (χ0v) is 14.1. The first kappa shape index (κ1) is 17.0. The van der Waals surface area contributed by atoms with Gasteiger partial charge in [-0.2, -0.15) is 0 Å². The summed E-state index contributed by atoms with van der Waals surface area (Å²) in [6.45, 7) is 6.56. The first-order valence-corrected chi connectivity index (χ1v) is 7.81. The van der Waals surface area contributed by atoms with Crippen LogP contribution in [-0.4, -0.2) is 28.6 Å². The molecule has 124 valence electrons. The molecule has 1 unspecified atom stereocenters. The molecule has 0 saturated heterocycles. The summed E-state index contributed by atoms with van der Waals surface area (Å²) in [4.78, 5) is 8.29. The van der Waals surface area contributed by atoms with E-state index in [1.165, 1.54) is 6.07 Å². The van der Waals surface area contributed by atoms with Crippen LogP contribution < -0.4 is 10.6 Å². The Morgan fingerprint density at radius 3 is 2.78 bits per heavy atom. The van der Waals surface area contributed by atoms with Crippen LogP contribution in [-0.2, 0) is 6.54 Å². The van der Waals surface area contributed by atoms with Crippen molar-refractivity contribution >= 4 is 5.96 Å². The Labute approximate surface area is 136 Å². The first-order valence-electron chi connectivity index (χ1n) is 7.81. The predicted octanol–water partition coefficient (Wildman–Crippen LogP) is 2.78. The Hall–Kier alpha value is -2.37. The molecule has 5 nitrogen and oxygen atoms in total. The number of hydrogen-bond acceptors (Lipinski definition) is 2. The molecule has 0 bridgehead atoms. The van der Waals surface area contributed by atoms with Crippen LogP contribution in [0.1, 0.15) is 31.7 Å². The van der Waals surface area contributed by atoms with Crippen molar-refractivity contribution in [3.05, 3.63) is 47.8 Å². The van der Waals surface area contributed by atoms with Gasteiger partial charge in [-0.1, -0.05) is 13.0 Å². The molecule has 0 aliphatic rings. The Bertz CT molecular complexity index is 677. The topological polar surface area (TPSA) is 54.2 Å². The van der Waals surface area contributed by atoms with Crippen molar-refractivity contribution in [3.63, 3.8) is 0 Å². The lowest BCUT2D eigenvalue weighted by Crippen LogP contribution is -2.41. The zero-order chi connectivity index (χ0) is 16.8. The monoisotopic (exact) mass is 317 g/mol. The minimum atomic E-state index is -0.268. The van der Waals surface area contributed by atoms with Crippen molar-refractivity contribution in [3.8, 4) is 5.69 Å². The molecule has 0 saturated carbocycles. The van der Waals surface area contributed by atoms with Crippen LogP contribution in [0, 0.1) is 12.7 Å². The van der Waals surface area contributed by atoms with Gasteiger partial charge in [0.15, 0.2) is 5.96 Å². The van der Waals surface area contributed by atoms with Gasteiger partial charge in [0.1, 0.15) is 11.6 Å². The van der Waals surface area contributed by atoms with Crippen LogP contribution in [0.4, 0.5) is 4.39 Å². The Morgan fingerprint density at radius 1 is 1.43 bits per heavy atom. The standard InChI is InChI=1S/C17H24FN5/c1-5-12(2)22-17(19-4)21-11-14-6-7-16(15(18)10-14)23-9-8-20-13(23)3/h6-10,12H,5,11H2,1-4H3,(H2,19,21,22). The highest BCUT2D eigenvalue weighted by molar-refractivity contribution is 5.79. The molecule has 1 aromatic heterocycles. The van der Waals surface area contributed by atoms with Crippen LogP contribution in [0.3, 0.4) is 0 Å². The van der Waals surface area contributed by atoms with Gasteiger partial charge < -0.3 is 15.2 Å². The van der Waals surface area contributed by atoms with E-state index in [1.54, 1.807) is 30.1 Å². The van der Waals surface area contributed by atoms with Crippen molar-refractivity contribution in [2.24, 2.45) is 4.99 Å². The summed E-state index contributed by atoms with van der Waals surface area (Å²) in [7, 11) is 1.73. The van der Waals surface area contributed by atoms with Crippen LogP contribution in [0.2, 0.25) is 0 Å². The molecule has 0 aliphatic heterocycles. The van der Waals surface area contributed by atoms with Crippen molar-refractivity contribution in [2.75, 3.05) is 7.05 Å². The molecule has 0 aliphatic carbocycles. The van der Waals surface area contributed by atoms with Crippen LogP contribution in [0.5, 0.6) is 0 Å². The van der Waals surface area contributed by atoms with Gasteiger partial charge in [0.05, 0.1) is 5.69 Å². The van der Waals surface area contributed by atoms with E-state index in [1.807, 2.05) is 13.0 Å². The van der Waals surface area contributed by atoms with Gasteiger partial charge in [-0.3, -0.25) is 4.99 Å². The van der Waals surface area contributed by atoms with Gasteiger partial charge >= 0.3 is 0 Å². The molecular weight excluding hydrogens is 293 g/mol. The molecule has 1 heterocycles. The number of aliphatic imine (C=N–C) groups is 1. The third kappa shape index (κ3) is 4.31. The summed E-state index contributed by atoms with van der Waals surface area (Å²) in [5.74, 6) is 1.21. The molecule has 0 radical (unpaired) electrons. The highest BCUT2D eigenvalue weighted by atomic mass is 19.1. The smallest absolute Gasteiger partial charge is 0.191 e. The Morgan fingerprint density at radius 2 is 2.22 bits per heavy atom. The van der Waals surface area contributed by atoms with Gasteiger partial charge in [-0.15, -0.1) is 0 Å². The van der Waals surface area contributed by atoms with Crippen molar-refractivity contribution in [2.45, 2.75) is 39.8 Å². The number of guanidine groups is 1. The normalized spacial score (nSPS) is 13.0. The van der Waals surface area contributed by atoms with Crippen LogP contribution >= 0.6 is 0 Å². The zero-order valence-electron chi connectivity index (χ0n) is 14.1. The fraction of sp³-hybridized carbons (Fsp3) is 0.412. The summed E-state index contributed by atoms with van der Waals surface area (Å²) in [5, 5.41) is 6.47. The fourth-order valence-corrected chi connectivity index (χ4v) is 2.20. The maximum Gasteiger partial charge on any atom is 0.191 e. The minimum absolute atomic E-state index is 0.268. The van der Waals surface area contributed by atoms with Crippen molar-refractivity contribution < 1.29 is 4.39 Å². The molecule has 0 amide bonds. The number of nitrogens with one attached hydrogen (secondary N) is 2. The van der Waals surface area contributed by atoms with E-state index in [0.717, 1.165) is 17.8 Å². The lowest BCUT2D eigenvalue weighted by atomic mass is 10.2. The number of imidazole rings is 1. The summed E-state index contributed by atoms with van der Waals surface area (Å²) in [5.41, 5.74) is 1.36. The number of aryl methyl sites for hydroxylation is 1. The number of rotatable bonds is 5. The average Bonchev–Trinajstić information content (AvgIpc) is 2.97. The van der Waals surface area contributed by atoms with Crippen molar-refractivity contribution in [1.29, 1.82) is 0 Å². The molecule has 0 fully saturated rings. The SMILES string of the molecule is CCC(C)NC(=NC)NCc1ccc(-n2ccnc2C)c(F)c1. The first-order chi connectivity index (χ1) is 11.0. The second-order valence-electron chi connectivity index (χ2n) is 5.51. The molecule has 1 atom stereocenters. The van der Waals surface area contributed by atoms with E-state index in [9.17, 15) is 4.39 Å². The summed E-state index contributed by atoms with van der Waals surface area (Å²) < 4.78 is 16.1. The Balaban J connectivity index is 2.05. The van der Waals surface area contributed by atoms with Crippen molar-refractivity contribution in [1.82, 2.24) is 20.2 Å². The number of hydrogen-bond donors (Lipinski definition) is 2. The fourth-order valence-electron chi connectivity index (χ4n) is 2.20. The maximum atomic E-state index is 14.3. The molecule has 2 aromatic rings. The van der Waals surface area contributed by atoms with Gasteiger partial charge in [0, 0.05) is 32.0 Å². The number of nitrogens with zero attached hydrogens (tertiary/aromatic N) is 3. The third-order valence-corrected chi connectivity index (χ3v) is 3.78. The lowest BCUT2D eigenvalue weighted by Gasteiger charge is -2.16. The van der Waals surface area contributed by atoms with E-state index in [-0.39, 0.29) is 5.82 Å². The summed E-state index contributed by atoms with van der Waals surface area (Å²) >= 11 is 0. The average molecular weight is 317 g/mol. The second kappa shape index (κ2) is 7.76. The second-order valence-corrected chi connectivity index (χ2v) is 5.51. The quantitative estimate of drug-likeness (QED) is 0.658.